The van der Waals surface area contributed by atoms with E-state index in [4.69, 9.17) is 4.74 Å². The normalized spacial score (nSPS) is 19.0. The van der Waals surface area contributed by atoms with Crippen molar-refractivity contribution in [3.63, 3.8) is 0 Å². The number of pyridine rings is 1. The van der Waals surface area contributed by atoms with Gasteiger partial charge < -0.3 is 15.4 Å². The molecule has 1 aliphatic rings. The highest BCUT2D eigenvalue weighted by atomic mass is 16.5. The van der Waals surface area contributed by atoms with Crippen molar-refractivity contribution in [3.8, 4) is 5.88 Å². The summed E-state index contributed by atoms with van der Waals surface area (Å²) < 4.78 is 4.95. The maximum Gasteiger partial charge on any atom is 0.325 e. The Labute approximate surface area is 156 Å². The Kier molecular flexibility index (Phi) is 4.81. The smallest absolute Gasteiger partial charge is 0.325 e. The van der Waals surface area contributed by atoms with Gasteiger partial charge in [-0.25, -0.2) is 9.78 Å². The predicted octanol–water partition coefficient (Wildman–Crippen LogP) is 1.80. The third-order valence-corrected chi connectivity index (χ3v) is 4.43. The van der Waals surface area contributed by atoms with Crippen LogP contribution in [0, 0.1) is 6.92 Å². The Balaban J connectivity index is 1.71. The number of carbonyl (C=O) groups excluding carboxylic acids is 3. The van der Waals surface area contributed by atoms with E-state index < -0.39 is 29.9 Å². The van der Waals surface area contributed by atoms with Crippen molar-refractivity contribution >= 4 is 23.5 Å². The van der Waals surface area contributed by atoms with Gasteiger partial charge in [0.25, 0.3) is 5.91 Å². The van der Waals surface area contributed by atoms with Crippen molar-refractivity contribution in [3.05, 3.63) is 53.7 Å². The zero-order valence-corrected chi connectivity index (χ0v) is 15.3. The van der Waals surface area contributed by atoms with Crippen LogP contribution in [0.3, 0.4) is 0 Å². The molecule has 8 nitrogen and oxygen atoms in total. The molecule has 0 unspecified atom stereocenters. The lowest BCUT2D eigenvalue weighted by molar-refractivity contribution is -0.133. The second-order valence-corrected chi connectivity index (χ2v) is 6.45. The van der Waals surface area contributed by atoms with Crippen LogP contribution >= 0.6 is 0 Å². The van der Waals surface area contributed by atoms with E-state index in [1.807, 2.05) is 19.1 Å². The Hall–Kier alpha value is -3.42. The summed E-state index contributed by atoms with van der Waals surface area (Å²) in [6.07, 6.45) is 1.43. The van der Waals surface area contributed by atoms with E-state index in [1.165, 1.54) is 13.3 Å². The van der Waals surface area contributed by atoms with E-state index in [0.29, 0.717) is 17.1 Å². The van der Waals surface area contributed by atoms with Gasteiger partial charge in [0.15, 0.2) is 0 Å². The largest absolute Gasteiger partial charge is 0.481 e. The number of rotatable bonds is 5. The number of anilines is 1. The van der Waals surface area contributed by atoms with E-state index in [9.17, 15) is 14.4 Å². The van der Waals surface area contributed by atoms with E-state index in [-0.39, 0.29) is 0 Å². The number of carbonyl (C=O) groups is 3. The molecule has 0 saturated carbocycles. The maximum atomic E-state index is 12.8. The van der Waals surface area contributed by atoms with Crippen molar-refractivity contribution in [1.29, 1.82) is 0 Å². The second kappa shape index (κ2) is 7.06. The van der Waals surface area contributed by atoms with E-state index in [0.717, 1.165) is 10.5 Å². The van der Waals surface area contributed by atoms with E-state index in [2.05, 4.69) is 15.6 Å². The Bertz CT molecular complexity index is 880. The molecule has 0 aliphatic carbocycles. The van der Waals surface area contributed by atoms with Crippen LogP contribution in [-0.4, -0.2) is 41.4 Å². The van der Waals surface area contributed by atoms with Crippen molar-refractivity contribution in [2.24, 2.45) is 0 Å². The average Bonchev–Trinajstić information content (AvgIpc) is 2.87. The lowest BCUT2D eigenvalue weighted by atomic mass is 9.91. The molecule has 3 rings (SSSR count). The molecule has 0 radical (unpaired) electrons. The molecule has 0 bridgehead atoms. The fourth-order valence-electron chi connectivity index (χ4n) is 2.84. The molecule has 1 aromatic carbocycles. The van der Waals surface area contributed by atoms with Crippen LogP contribution < -0.4 is 15.4 Å². The topological polar surface area (TPSA) is 101 Å². The van der Waals surface area contributed by atoms with Gasteiger partial charge in [0.1, 0.15) is 12.1 Å². The van der Waals surface area contributed by atoms with Gasteiger partial charge in [-0.05, 0) is 25.5 Å². The van der Waals surface area contributed by atoms with Crippen LogP contribution in [0.1, 0.15) is 18.1 Å². The second-order valence-electron chi connectivity index (χ2n) is 6.45. The summed E-state index contributed by atoms with van der Waals surface area (Å²) in [5.74, 6) is -0.561. The number of imide groups is 1. The van der Waals surface area contributed by atoms with Crippen LogP contribution in [0.25, 0.3) is 0 Å². The van der Waals surface area contributed by atoms with Gasteiger partial charge in [0.2, 0.25) is 11.8 Å². The molecule has 4 amide bonds. The first-order chi connectivity index (χ1) is 12.8. The third-order valence-electron chi connectivity index (χ3n) is 4.43. The predicted molar refractivity (Wildman–Crippen MR) is 98.2 cm³/mol. The molecule has 1 atom stereocenters. The van der Waals surface area contributed by atoms with Crippen molar-refractivity contribution in [2.45, 2.75) is 19.4 Å². The Morgan fingerprint density at radius 2 is 1.93 bits per heavy atom. The minimum absolute atomic E-state index is 0.391. The third kappa shape index (κ3) is 3.59. The zero-order valence-electron chi connectivity index (χ0n) is 15.3. The minimum Gasteiger partial charge on any atom is -0.481 e. The molecular formula is C19H20N4O4. The molecule has 0 spiro atoms. The summed E-state index contributed by atoms with van der Waals surface area (Å²) in [6, 6.07) is 9.92. The van der Waals surface area contributed by atoms with Gasteiger partial charge in [-0.2, -0.15) is 0 Å². The molecular weight excluding hydrogens is 348 g/mol. The molecule has 2 aromatic rings. The molecule has 1 fully saturated rings. The van der Waals surface area contributed by atoms with Gasteiger partial charge in [-0.15, -0.1) is 0 Å². The Morgan fingerprint density at radius 1 is 1.22 bits per heavy atom. The van der Waals surface area contributed by atoms with Crippen LogP contribution in [0.5, 0.6) is 5.88 Å². The monoisotopic (exact) mass is 368 g/mol. The number of benzene rings is 1. The fourth-order valence-corrected chi connectivity index (χ4v) is 2.84. The number of hydrogen-bond donors (Lipinski definition) is 2. The first-order valence-corrected chi connectivity index (χ1v) is 8.34. The van der Waals surface area contributed by atoms with Crippen LogP contribution in [0.2, 0.25) is 0 Å². The SMILES string of the molecule is COc1ccc(NC(=O)CN2C(=O)N[C@](C)(c3ccc(C)cc3)C2=O)cn1. The molecule has 2 N–H and O–H groups in total. The highest BCUT2D eigenvalue weighted by molar-refractivity contribution is 6.10. The summed E-state index contributed by atoms with van der Waals surface area (Å²) >= 11 is 0. The summed E-state index contributed by atoms with van der Waals surface area (Å²) in [5.41, 5.74) is 0.943. The van der Waals surface area contributed by atoms with Crippen molar-refractivity contribution < 1.29 is 19.1 Å². The first-order valence-electron chi connectivity index (χ1n) is 8.34. The van der Waals surface area contributed by atoms with Gasteiger partial charge >= 0.3 is 6.03 Å². The van der Waals surface area contributed by atoms with E-state index >= 15 is 0 Å². The number of nitrogens with one attached hydrogen (secondary N) is 2. The van der Waals surface area contributed by atoms with Crippen molar-refractivity contribution in [1.82, 2.24) is 15.2 Å². The molecule has 2 heterocycles. The number of ether oxygens (including phenoxy) is 1. The van der Waals surface area contributed by atoms with Crippen LogP contribution in [0.4, 0.5) is 10.5 Å². The highest BCUT2D eigenvalue weighted by Crippen LogP contribution is 2.29. The average molecular weight is 368 g/mol. The minimum atomic E-state index is -1.20. The van der Waals surface area contributed by atoms with E-state index in [1.54, 1.807) is 31.2 Å². The molecule has 27 heavy (non-hydrogen) atoms. The number of urea groups is 1. The molecule has 1 aromatic heterocycles. The number of aromatic nitrogens is 1. The quantitative estimate of drug-likeness (QED) is 0.784. The first kappa shape index (κ1) is 18.4. The number of methoxy groups -OCH3 is 1. The van der Waals surface area contributed by atoms with Gasteiger partial charge in [0.05, 0.1) is 19.0 Å². The molecule has 1 saturated heterocycles. The number of amides is 4. The van der Waals surface area contributed by atoms with Crippen molar-refractivity contribution in [2.75, 3.05) is 19.0 Å². The summed E-state index contributed by atoms with van der Waals surface area (Å²) in [5, 5.41) is 5.28. The fraction of sp³-hybridized carbons (Fsp3) is 0.263. The zero-order chi connectivity index (χ0) is 19.6. The highest BCUT2D eigenvalue weighted by Gasteiger charge is 2.49. The summed E-state index contributed by atoms with van der Waals surface area (Å²) in [4.78, 5) is 42.3. The standard InChI is InChI=1S/C19H20N4O4/c1-12-4-6-13(7-5-12)19(2)17(25)23(18(26)22-19)11-15(24)21-14-8-9-16(27-3)20-10-14/h4-10H,11H2,1-3H3,(H,21,24)(H,22,26)/t19-/m1/s1. The number of aryl methyl sites for hydroxylation is 1. The number of nitrogens with zero attached hydrogens (tertiary/aromatic N) is 2. The lowest BCUT2D eigenvalue weighted by Crippen LogP contribution is -2.42. The molecule has 8 heteroatoms. The summed E-state index contributed by atoms with van der Waals surface area (Å²) in [7, 11) is 1.49. The Morgan fingerprint density at radius 3 is 2.52 bits per heavy atom. The van der Waals surface area contributed by atoms with Gasteiger partial charge in [0, 0.05) is 6.07 Å². The van der Waals surface area contributed by atoms with Crippen LogP contribution in [-0.2, 0) is 15.1 Å². The van der Waals surface area contributed by atoms with Crippen LogP contribution in [0.15, 0.2) is 42.6 Å². The van der Waals surface area contributed by atoms with Gasteiger partial charge in [-0.1, -0.05) is 29.8 Å². The maximum absolute atomic E-state index is 12.8. The lowest BCUT2D eigenvalue weighted by Gasteiger charge is -2.22. The molecule has 1 aliphatic heterocycles. The number of hydrogen-bond acceptors (Lipinski definition) is 5. The molecule has 140 valence electrons. The summed E-state index contributed by atoms with van der Waals surface area (Å²) in [6.45, 7) is 3.17. The van der Waals surface area contributed by atoms with Gasteiger partial charge in [-0.3, -0.25) is 14.5 Å².